The van der Waals surface area contributed by atoms with Gasteiger partial charge < -0.3 is 0 Å². The molecule has 0 bridgehead atoms. The summed E-state index contributed by atoms with van der Waals surface area (Å²) in [6, 6.07) is 22.1. The second kappa shape index (κ2) is 5.60. The van der Waals surface area contributed by atoms with Gasteiger partial charge in [0.2, 0.25) is 0 Å². The maximum absolute atomic E-state index is 2.41. The van der Waals surface area contributed by atoms with E-state index >= 15 is 0 Å². The molecular weight excluding hydrogens is 307 g/mol. The summed E-state index contributed by atoms with van der Waals surface area (Å²) in [6.45, 7) is 4.72. The van der Waals surface area contributed by atoms with E-state index in [0.717, 1.165) is 0 Å². The Morgan fingerprint density at radius 2 is 1.25 bits per heavy atom. The van der Waals surface area contributed by atoms with Crippen molar-refractivity contribution in [2.75, 3.05) is 0 Å². The summed E-state index contributed by atoms with van der Waals surface area (Å²) in [4.78, 5) is 0.680. The predicted octanol–water partition coefficient (Wildman–Crippen LogP) is 4.65. The van der Waals surface area contributed by atoms with Crippen molar-refractivity contribution in [1.82, 2.24) is 0 Å². The van der Waals surface area contributed by atoms with E-state index in [2.05, 4.69) is 86.7 Å². The molecule has 3 rings (SSSR count). The molecule has 1 heterocycles. The number of rotatable bonds is 2. The average Bonchev–Trinajstić information content (AvgIpc) is 2.51. The first-order chi connectivity index (χ1) is 9.73. The van der Waals surface area contributed by atoms with E-state index in [0.29, 0.717) is 25.7 Å². The Labute approximate surface area is 128 Å². The third-order valence-electron chi connectivity index (χ3n) is 4.09. The van der Waals surface area contributed by atoms with Crippen molar-refractivity contribution in [1.29, 1.82) is 0 Å². The number of hydrogen-bond donors (Lipinski definition) is 0. The predicted molar refractivity (Wildman–Crippen MR) is 87.1 cm³/mol. The van der Waals surface area contributed by atoms with Crippen LogP contribution in [0.4, 0.5) is 0 Å². The van der Waals surface area contributed by atoms with Gasteiger partial charge in [-0.15, -0.1) is 0 Å². The van der Waals surface area contributed by atoms with Crippen molar-refractivity contribution in [3.05, 3.63) is 83.9 Å². The first-order valence-corrected chi connectivity index (χ1v) is 9.05. The van der Waals surface area contributed by atoms with Gasteiger partial charge in [-0.05, 0) is 0 Å². The van der Waals surface area contributed by atoms with Crippen LogP contribution in [0.15, 0.2) is 72.8 Å². The fourth-order valence-corrected chi connectivity index (χ4v) is 6.44. The molecule has 2 aromatic rings. The Morgan fingerprint density at radius 1 is 0.750 bits per heavy atom. The second-order valence-electron chi connectivity index (χ2n) is 5.46. The van der Waals surface area contributed by atoms with Crippen LogP contribution in [0.5, 0.6) is 0 Å². The SMILES string of the molecule is C[C@@H]1C=C[C@@H](C)C(c2ccccc2)(c2ccccc2)[Se]1. The van der Waals surface area contributed by atoms with Crippen LogP contribution < -0.4 is 0 Å². The van der Waals surface area contributed by atoms with Crippen LogP contribution in [-0.4, -0.2) is 15.0 Å². The first kappa shape index (κ1) is 13.7. The molecule has 0 aromatic heterocycles. The molecular formula is C19H20Se. The Morgan fingerprint density at radius 3 is 1.75 bits per heavy atom. The molecule has 0 aliphatic carbocycles. The molecule has 1 heteroatoms. The molecule has 2 aromatic carbocycles. The van der Waals surface area contributed by atoms with Gasteiger partial charge in [0.15, 0.2) is 0 Å². The molecule has 0 spiro atoms. The van der Waals surface area contributed by atoms with Crippen molar-refractivity contribution in [2.24, 2.45) is 5.92 Å². The molecule has 1 aliphatic rings. The summed E-state index contributed by atoms with van der Waals surface area (Å²) >= 11 is 0.518. The van der Waals surface area contributed by atoms with Crippen LogP contribution in [0, 0.1) is 5.92 Å². The van der Waals surface area contributed by atoms with Gasteiger partial charge in [-0.3, -0.25) is 0 Å². The van der Waals surface area contributed by atoms with Gasteiger partial charge in [0.05, 0.1) is 0 Å². The maximum atomic E-state index is 2.41. The van der Waals surface area contributed by atoms with E-state index in [-0.39, 0.29) is 4.31 Å². The molecule has 0 unspecified atom stereocenters. The van der Waals surface area contributed by atoms with E-state index in [1.807, 2.05) is 0 Å². The van der Waals surface area contributed by atoms with Gasteiger partial charge in [0, 0.05) is 0 Å². The molecule has 1 aliphatic heterocycles. The zero-order valence-electron chi connectivity index (χ0n) is 12.0. The molecule has 102 valence electrons. The summed E-state index contributed by atoms with van der Waals surface area (Å²) < 4.78 is 0.170. The van der Waals surface area contributed by atoms with Crippen LogP contribution in [-0.2, 0) is 4.31 Å². The van der Waals surface area contributed by atoms with Gasteiger partial charge in [0.25, 0.3) is 0 Å². The fraction of sp³-hybridized carbons (Fsp3) is 0.263. The molecule has 2 atom stereocenters. The number of benzene rings is 2. The molecule has 0 fully saturated rings. The average molecular weight is 327 g/mol. The topological polar surface area (TPSA) is 0 Å². The molecule has 0 saturated carbocycles. The van der Waals surface area contributed by atoms with Crippen molar-refractivity contribution in [3.8, 4) is 0 Å². The van der Waals surface area contributed by atoms with E-state index in [1.54, 1.807) is 0 Å². The van der Waals surface area contributed by atoms with E-state index in [4.69, 9.17) is 0 Å². The molecule has 20 heavy (non-hydrogen) atoms. The standard InChI is InChI=1S/C19H20Se/c1-15-13-14-16(2)20-19(15,17-9-5-3-6-10-17)18-11-7-4-8-12-18/h3-16H,1-2H3/t15-,16-/m1/s1. The molecule has 0 amide bonds. The van der Waals surface area contributed by atoms with Crippen LogP contribution in [0.1, 0.15) is 25.0 Å². The summed E-state index contributed by atoms with van der Waals surface area (Å²) in [7, 11) is 0. The van der Waals surface area contributed by atoms with Crippen molar-refractivity contribution >= 4 is 15.0 Å². The summed E-state index contributed by atoms with van der Waals surface area (Å²) in [6.07, 6.45) is 4.81. The van der Waals surface area contributed by atoms with Crippen molar-refractivity contribution in [2.45, 2.75) is 23.0 Å². The third-order valence-corrected chi connectivity index (χ3v) is 7.75. The van der Waals surface area contributed by atoms with E-state index in [1.165, 1.54) is 11.1 Å². The third kappa shape index (κ3) is 2.26. The monoisotopic (exact) mass is 328 g/mol. The summed E-state index contributed by atoms with van der Waals surface area (Å²) in [5.74, 6) is 0.545. The Kier molecular flexibility index (Phi) is 3.83. The molecule has 0 radical (unpaired) electrons. The van der Waals surface area contributed by atoms with Gasteiger partial charge in [-0.25, -0.2) is 0 Å². The van der Waals surface area contributed by atoms with Crippen molar-refractivity contribution < 1.29 is 0 Å². The van der Waals surface area contributed by atoms with Crippen molar-refractivity contribution in [3.63, 3.8) is 0 Å². The minimum absolute atomic E-state index is 0.170. The zero-order chi connectivity index (χ0) is 14.0. The minimum atomic E-state index is 0.170. The molecule has 0 saturated heterocycles. The van der Waals surface area contributed by atoms with Gasteiger partial charge >= 0.3 is 128 Å². The Bertz CT molecular complexity index is 546. The van der Waals surface area contributed by atoms with Crippen LogP contribution in [0.3, 0.4) is 0 Å². The van der Waals surface area contributed by atoms with Gasteiger partial charge in [-0.2, -0.15) is 0 Å². The molecule has 0 nitrogen and oxygen atoms in total. The second-order valence-corrected chi connectivity index (χ2v) is 8.87. The zero-order valence-corrected chi connectivity index (χ0v) is 13.7. The van der Waals surface area contributed by atoms with Crippen LogP contribution in [0.25, 0.3) is 0 Å². The summed E-state index contributed by atoms with van der Waals surface area (Å²) in [5, 5.41) is 0. The Balaban J connectivity index is 2.21. The molecule has 0 N–H and O–H groups in total. The number of allylic oxidation sites excluding steroid dienone is 2. The van der Waals surface area contributed by atoms with E-state index < -0.39 is 0 Å². The summed E-state index contributed by atoms with van der Waals surface area (Å²) in [5.41, 5.74) is 2.94. The number of hydrogen-bond acceptors (Lipinski definition) is 0. The van der Waals surface area contributed by atoms with E-state index in [9.17, 15) is 0 Å². The fourth-order valence-electron chi connectivity index (χ4n) is 3.10. The quantitative estimate of drug-likeness (QED) is 0.556. The van der Waals surface area contributed by atoms with Gasteiger partial charge in [-0.1, -0.05) is 0 Å². The van der Waals surface area contributed by atoms with Crippen LogP contribution >= 0.6 is 0 Å². The van der Waals surface area contributed by atoms with Gasteiger partial charge in [0.1, 0.15) is 0 Å². The normalized spacial score (nSPS) is 24.5. The first-order valence-electron chi connectivity index (χ1n) is 7.20. The van der Waals surface area contributed by atoms with Crippen LogP contribution in [0.2, 0.25) is 4.82 Å². The Hall–Kier alpha value is -1.30.